The van der Waals surface area contributed by atoms with Gasteiger partial charge in [-0.15, -0.1) is 0 Å². The third-order valence-corrected chi connectivity index (χ3v) is 1.42. The SMILES string of the molecule is [2H]c1nn(-c2nc([2H])c(Br)c([2H])n2)c([2H])c1[2H]. The number of aromatic nitrogens is 4. The van der Waals surface area contributed by atoms with E-state index in [1.54, 1.807) is 0 Å². The number of hydrogen-bond donors (Lipinski definition) is 0. The molecule has 0 fully saturated rings. The fourth-order valence-corrected chi connectivity index (χ4v) is 0.793. The Bertz CT molecular complexity index is 575. The van der Waals surface area contributed by atoms with Crippen molar-refractivity contribution in [1.82, 2.24) is 19.7 Å². The van der Waals surface area contributed by atoms with Crippen molar-refractivity contribution >= 4 is 15.9 Å². The van der Waals surface area contributed by atoms with Crippen LogP contribution in [0.1, 0.15) is 6.85 Å². The molecule has 0 bridgehead atoms. The molecule has 12 heavy (non-hydrogen) atoms. The molecule has 0 spiro atoms. The predicted octanol–water partition coefficient (Wildman–Crippen LogP) is 1.42. The van der Waals surface area contributed by atoms with Crippen LogP contribution < -0.4 is 0 Å². The molecule has 0 aliphatic rings. The first-order chi connectivity index (χ1) is 7.91. The first kappa shape index (κ1) is 3.66. The lowest BCUT2D eigenvalue weighted by molar-refractivity contribution is 0.806. The normalized spacial score (nSPS) is 15.9. The average Bonchev–Trinajstić information content (AvgIpc) is 2.53. The Kier molecular flexibility index (Phi) is 0.920. The monoisotopic (exact) mass is 229 g/mol. The quantitative estimate of drug-likeness (QED) is 0.744. The van der Waals surface area contributed by atoms with E-state index in [0.717, 1.165) is 4.68 Å². The molecule has 0 atom stereocenters. The highest BCUT2D eigenvalue weighted by atomic mass is 79.9. The van der Waals surface area contributed by atoms with Crippen LogP contribution in [0.3, 0.4) is 0 Å². The lowest BCUT2D eigenvalue weighted by Gasteiger charge is -1.96. The van der Waals surface area contributed by atoms with Crippen molar-refractivity contribution in [3.8, 4) is 5.95 Å². The third-order valence-electron chi connectivity index (χ3n) is 1.07. The van der Waals surface area contributed by atoms with Gasteiger partial charge in [-0.2, -0.15) is 5.10 Å². The summed E-state index contributed by atoms with van der Waals surface area (Å²) in [5.41, 5.74) is 0. The van der Waals surface area contributed by atoms with Crippen LogP contribution >= 0.6 is 15.9 Å². The molecule has 0 saturated heterocycles. The van der Waals surface area contributed by atoms with E-state index in [0.29, 0.717) is 0 Å². The molecule has 2 aromatic heterocycles. The van der Waals surface area contributed by atoms with Gasteiger partial charge in [0.2, 0.25) is 5.95 Å². The Morgan fingerprint density at radius 1 is 1.42 bits per heavy atom. The van der Waals surface area contributed by atoms with Gasteiger partial charge in [0, 0.05) is 24.7 Å². The largest absolute Gasteiger partial charge is 0.250 e. The average molecular weight is 230 g/mol. The van der Waals surface area contributed by atoms with Gasteiger partial charge in [-0.1, -0.05) is 0 Å². The highest BCUT2D eigenvalue weighted by molar-refractivity contribution is 9.10. The minimum absolute atomic E-state index is 0.136. The zero-order valence-electron chi connectivity index (χ0n) is 10.7. The second-order valence-corrected chi connectivity index (χ2v) is 2.61. The molecule has 0 aliphatic heterocycles. The van der Waals surface area contributed by atoms with Crippen LogP contribution in [-0.4, -0.2) is 19.7 Å². The summed E-state index contributed by atoms with van der Waals surface area (Å²) in [4.78, 5) is 7.44. The molecule has 5 heteroatoms. The van der Waals surface area contributed by atoms with Gasteiger partial charge in [-0.05, 0) is 22.0 Å². The molecule has 60 valence electrons. The molecule has 0 unspecified atom stereocenters. The topological polar surface area (TPSA) is 43.6 Å². The van der Waals surface area contributed by atoms with Crippen molar-refractivity contribution in [2.75, 3.05) is 0 Å². The van der Waals surface area contributed by atoms with E-state index in [1.807, 2.05) is 0 Å². The summed E-state index contributed by atoms with van der Waals surface area (Å²) in [5, 5.41) is 3.59. The molecular formula is C7H5BrN4. The van der Waals surface area contributed by atoms with Gasteiger partial charge in [0.15, 0.2) is 0 Å². The van der Waals surface area contributed by atoms with Crippen molar-refractivity contribution in [3.63, 3.8) is 0 Å². The summed E-state index contributed by atoms with van der Waals surface area (Å²) in [5.74, 6) is -0.166. The maximum absolute atomic E-state index is 7.53. The van der Waals surface area contributed by atoms with Gasteiger partial charge in [0.1, 0.15) is 0 Å². The van der Waals surface area contributed by atoms with E-state index in [2.05, 4.69) is 31.0 Å². The maximum atomic E-state index is 7.53. The van der Waals surface area contributed by atoms with Crippen molar-refractivity contribution in [1.29, 1.82) is 0 Å². The zero-order chi connectivity index (χ0) is 12.7. The standard InChI is InChI=1S/C7H5BrN4/c8-6-4-9-7(10-5-6)12-3-1-2-11-12/h1-5H/i1D,2D,3D,4D,5D. The summed E-state index contributed by atoms with van der Waals surface area (Å²) in [6, 6.07) is -0.352. The molecule has 2 rings (SSSR count). The van der Waals surface area contributed by atoms with Gasteiger partial charge < -0.3 is 0 Å². The minimum Gasteiger partial charge on any atom is -0.218 e. The van der Waals surface area contributed by atoms with Crippen molar-refractivity contribution < 1.29 is 6.85 Å². The van der Waals surface area contributed by atoms with Crippen LogP contribution in [-0.2, 0) is 0 Å². The lowest BCUT2D eigenvalue weighted by atomic mass is 10.7. The molecular weight excluding hydrogens is 220 g/mol. The fraction of sp³-hybridized carbons (Fsp3) is 0. The Hall–Kier alpha value is -1.23. The second kappa shape index (κ2) is 3.02. The van der Waals surface area contributed by atoms with Gasteiger partial charge in [0.25, 0.3) is 0 Å². The van der Waals surface area contributed by atoms with Gasteiger partial charge in [0.05, 0.1) is 11.3 Å². The van der Waals surface area contributed by atoms with E-state index < -0.39 is 0 Å². The van der Waals surface area contributed by atoms with Gasteiger partial charge >= 0.3 is 0 Å². The van der Waals surface area contributed by atoms with E-state index in [9.17, 15) is 0 Å². The maximum Gasteiger partial charge on any atom is 0.250 e. The summed E-state index contributed by atoms with van der Waals surface area (Å²) in [6.45, 7) is 0. The van der Waals surface area contributed by atoms with Gasteiger partial charge in [-0.25, -0.2) is 14.6 Å². The van der Waals surface area contributed by atoms with Crippen LogP contribution in [0.15, 0.2) is 35.2 Å². The van der Waals surface area contributed by atoms with Crippen LogP contribution in [0.2, 0.25) is 0 Å². The van der Waals surface area contributed by atoms with E-state index in [-0.39, 0.29) is 41.2 Å². The van der Waals surface area contributed by atoms with Crippen LogP contribution in [0.4, 0.5) is 0 Å². The fourth-order valence-electron chi connectivity index (χ4n) is 0.616. The lowest BCUT2D eigenvalue weighted by Crippen LogP contribution is -1.99. The number of hydrogen-bond acceptors (Lipinski definition) is 3. The molecule has 0 amide bonds. The Labute approximate surface area is 84.4 Å². The molecule has 0 aromatic carbocycles. The first-order valence-electron chi connectivity index (χ1n) is 5.45. The van der Waals surface area contributed by atoms with Gasteiger partial charge in [-0.3, -0.25) is 0 Å². The molecule has 0 aliphatic carbocycles. The van der Waals surface area contributed by atoms with Crippen LogP contribution in [0.5, 0.6) is 0 Å². The summed E-state index contributed by atoms with van der Waals surface area (Å²) in [7, 11) is 0. The summed E-state index contributed by atoms with van der Waals surface area (Å²) >= 11 is 2.97. The number of halogens is 1. The summed E-state index contributed by atoms with van der Waals surface area (Å²) < 4.78 is 38.1. The number of nitrogens with zero attached hydrogens (tertiary/aromatic N) is 4. The smallest absolute Gasteiger partial charge is 0.218 e. The molecule has 0 N–H and O–H groups in total. The minimum atomic E-state index is -0.375. The van der Waals surface area contributed by atoms with E-state index in [1.165, 1.54) is 0 Å². The zero-order valence-corrected chi connectivity index (χ0v) is 7.25. The highest BCUT2D eigenvalue weighted by Gasteiger charge is 1.97. The molecule has 2 aromatic rings. The second-order valence-electron chi connectivity index (χ2n) is 1.82. The predicted molar refractivity (Wildman–Crippen MR) is 46.9 cm³/mol. The third kappa shape index (κ3) is 1.35. The number of rotatable bonds is 1. The molecule has 4 nitrogen and oxygen atoms in total. The molecule has 0 saturated carbocycles. The van der Waals surface area contributed by atoms with E-state index >= 15 is 0 Å². The molecule has 2 heterocycles. The van der Waals surface area contributed by atoms with Crippen molar-refractivity contribution in [3.05, 3.63) is 35.2 Å². The van der Waals surface area contributed by atoms with Crippen LogP contribution in [0.25, 0.3) is 5.95 Å². The molecule has 0 radical (unpaired) electrons. The Morgan fingerprint density at radius 3 is 2.75 bits per heavy atom. The van der Waals surface area contributed by atoms with E-state index in [4.69, 9.17) is 6.85 Å². The highest BCUT2D eigenvalue weighted by Crippen LogP contribution is 2.05. The Balaban J connectivity index is 2.65. The van der Waals surface area contributed by atoms with Crippen molar-refractivity contribution in [2.45, 2.75) is 0 Å². The van der Waals surface area contributed by atoms with Crippen LogP contribution in [0, 0.1) is 0 Å². The summed E-state index contributed by atoms with van der Waals surface area (Å²) in [6.07, 6.45) is -1.16. The Morgan fingerprint density at radius 2 is 2.17 bits per heavy atom. The first-order valence-corrected chi connectivity index (χ1v) is 3.75. The van der Waals surface area contributed by atoms with Crippen molar-refractivity contribution in [2.24, 2.45) is 0 Å².